The average molecular weight is 372 g/mol. The lowest BCUT2D eigenvalue weighted by Gasteiger charge is -2.34. The van der Waals surface area contributed by atoms with Crippen molar-refractivity contribution in [3.63, 3.8) is 0 Å². The topological polar surface area (TPSA) is 58.4 Å². The van der Waals surface area contributed by atoms with Crippen molar-refractivity contribution in [3.05, 3.63) is 53.9 Å². The third kappa shape index (κ3) is 4.18. The number of carbonyl (C=O) groups is 2. The van der Waals surface area contributed by atoms with Crippen molar-refractivity contribution in [3.8, 4) is 0 Å². The van der Waals surface area contributed by atoms with E-state index in [4.69, 9.17) is 0 Å². The Labute approximate surface area is 158 Å². The van der Waals surface area contributed by atoms with Crippen molar-refractivity contribution in [2.75, 3.05) is 13.1 Å². The summed E-state index contributed by atoms with van der Waals surface area (Å²) in [5.41, 5.74) is 0.874. The average Bonchev–Trinajstić information content (AvgIpc) is 2.99. The van der Waals surface area contributed by atoms with Crippen LogP contribution >= 0.6 is 0 Å². The Bertz CT molecular complexity index is 816. The summed E-state index contributed by atoms with van der Waals surface area (Å²) in [5, 5.41) is 0. The lowest BCUT2D eigenvalue weighted by atomic mass is 10.0. The van der Waals surface area contributed by atoms with Gasteiger partial charge in [0, 0.05) is 45.5 Å². The van der Waals surface area contributed by atoms with Crippen molar-refractivity contribution in [1.82, 2.24) is 19.4 Å². The van der Waals surface area contributed by atoms with Gasteiger partial charge in [-0.2, -0.15) is 0 Å². The summed E-state index contributed by atoms with van der Waals surface area (Å²) in [6, 6.07) is 6.08. The van der Waals surface area contributed by atoms with Crippen molar-refractivity contribution >= 4 is 11.8 Å². The van der Waals surface area contributed by atoms with Crippen LogP contribution in [0.1, 0.15) is 36.5 Å². The molecule has 1 aliphatic rings. The quantitative estimate of drug-likeness (QED) is 0.828. The molecule has 3 rings (SSSR count). The summed E-state index contributed by atoms with van der Waals surface area (Å²) in [4.78, 5) is 33.4. The maximum absolute atomic E-state index is 13.2. The molecule has 144 valence electrons. The zero-order valence-corrected chi connectivity index (χ0v) is 15.9. The van der Waals surface area contributed by atoms with Gasteiger partial charge in [0.15, 0.2) is 5.82 Å². The highest BCUT2D eigenvalue weighted by Crippen LogP contribution is 2.22. The SMILES string of the molecule is CC(C)C1CN(C(=O)c2nccn2C)CCC(=O)N1Cc1ccc(F)cc1. The van der Waals surface area contributed by atoms with Gasteiger partial charge in [0.2, 0.25) is 5.91 Å². The number of amides is 2. The van der Waals surface area contributed by atoms with Crippen LogP contribution in [0.15, 0.2) is 36.7 Å². The Balaban J connectivity index is 1.83. The first-order valence-electron chi connectivity index (χ1n) is 9.17. The van der Waals surface area contributed by atoms with E-state index in [2.05, 4.69) is 4.98 Å². The zero-order valence-electron chi connectivity index (χ0n) is 15.9. The summed E-state index contributed by atoms with van der Waals surface area (Å²) >= 11 is 0. The van der Waals surface area contributed by atoms with E-state index in [1.807, 2.05) is 18.7 Å². The van der Waals surface area contributed by atoms with Gasteiger partial charge < -0.3 is 14.4 Å². The Morgan fingerprint density at radius 2 is 2.00 bits per heavy atom. The molecule has 1 fully saturated rings. The Kier molecular flexibility index (Phi) is 5.58. The number of hydrogen-bond acceptors (Lipinski definition) is 3. The molecule has 1 saturated heterocycles. The highest BCUT2D eigenvalue weighted by Gasteiger charge is 2.34. The van der Waals surface area contributed by atoms with Crippen LogP contribution in [0, 0.1) is 11.7 Å². The van der Waals surface area contributed by atoms with Crippen LogP contribution in [-0.4, -0.2) is 50.3 Å². The standard InChI is InChI=1S/C20H25FN4O2/c1-14(2)17-13-24(20(27)19-22-9-11-23(19)3)10-8-18(26)25(17)12-15-4-6-16(21)7-5-15/h4-7,9,11,14,17H,8,10,12-13H2,1-3H3. The van der Waals surface area contributed by atoms with Gasteiger partial charge in [-0.1, -0.05) is 26.0 Å². The van der Waals surface area contributed by atoms with Crippen molar-refractivity contribution in [1.29, 1.82) is 0 Å². The number of benzene rings is 1. The van der Waals surface area contributed by atoms with Crippen molar-refractivity contribution < 1.29 is 14.0 Å². The second-order valence-corrected chi connectivity index (χ2v) is 7.32. The van der Waals surface area contributed by atoms with Crippen LogP contribution in [0.25, 0.3) is 0 Å². The number of carbonyl (C=O) groups excluding carboxylic acids is 2. The van der Waals surface area contributed by atoms with E-state index < -0.39 is 0 Å². The van der Waals surface area contributed by atoms with E-state index in [9.17, 15) is 14.0 Å². The predicted molar refractivity (Wildman–Crippen MR) is 99.3 cm³/mol. The van der Waals surface area contributed by atoms with Gasteiger partial charge in [0.05, 0.1) is 6.04 Å². The normalized spacial score (nSPS) is 18.1. The molecule has 1 aromatic heterocycles. The summed E-state index contributed by atoms with van der Waals surface area (Å²) in [7, 11) is 1.78. The minimum atomic E-state index is -0.298. The molecule has 7 heteroatoms. The van der Waals surface area contributed by atoms with Gasteiger partial charge in [0.1, 0.15) is 5.82 Å². The van der Waals surface area contributed by atoms with Crippen LogP contribution in [0.2, 0.25) is 0 Å². The molecule has 1 aliphatic heterocycles. The number of imidazole rings is 1. The Morgan fingerprint density at radius 1 is 1.30 bits per heavy atom. The van der Waals surface area contributed by atoms with Gasteiger partial charge >= 0.3 is 0 Å². The third-order valence-electron chi connectivity index (χ3n) is 5.06. The summed E-state index contributed by atoms with van der Waals surface area (Å²) in [5.74, 6) is 0.0899. The molecule has 2 heterocycles. The minimum Gasteiger partial charge on any atom is -0.333 e. The van der Waals surface area contributed by atoms with Crippen LogP contribution in [0.3, 0.4) is 0 Å². The highest BCUT2D eigenvalue weighted by molar-refractivity contribution is 5.91. The second-order valence-electron chi connectivity index (χ2n) is 7.32. The fourth-order valence-electron chi connectivity index (χ4n) is 3.44. The monoisotopic (exact) mass is 372 g/mol. The van der Waals surface area contributed by atoms with Gasteiger partial charge in [-0.05, 0) is 23.6 Å². The highest BCUT2D eigenvalue weighted by atomic mass is 19.1. The molecule has 0 N–H and O–H groups in total. The summed E-state index contributed by atoms with van der Waals surface area (Å²) < 4.78 is 14.9. The van der Waals surface area contributed by atoms with Gasteiger partial charge in [-0.25, -0.2) is 9.37 Å². The minimum absolute atomic E-state index is 0.00756. The molecule has 6 nitrogen and oxygen atoms in total. The fourth-order valence-corrected chi connectivity index (χ4v) is 3.44. The number of hydrogen-bond donors (Lipinski definition) is 0. The second kappa shape index (κ2) is 7.90. The molecule has 0 spiro atoms. The van der Waals surface area contributed by atoms with E-state index in [0.717, 1.165) is 5.56 Å². The van der Waals surface area contributed by atoms with Crippen molar-refractivity contribution in [2.45, 2.75) is 32.9 Å². The Hall–Kier alpha value is -2.70. The van der Waals surface area contributed by atoms with Crippen LogP contribution in [0.4, 0.5) is 4.39 Å². The largest absolute Gasteiger partial charge is 0.333 e. The zero-order chi connectivity index (χ0) is 19.6. The van der Waals surface area contributed by atoms with Crippen molar-refractivity contribution in [2.24, 2.45) is 13.0 Å². The molecule has 0 saturated carbocycles. The maximum Gasteiger partial charge on any atom is 0.289 e. The first-order chi connectivity index (χ1) is 12.9. The lowest BCUT2D eigenvalue weighted by Crippen LogP contribution is -2.47. The van der Waals surface area contributed by atoms with Gasteiger partial charge in [-0.15, -0.1) is 0 Å². The maximum atomic E-state index is 13.2. The molecule has 2 amide bonds. The van der Waals surface area contributed by atoms with Crippen LogP contribution < -0.4 is 0 Å². The number of halogens is 1. The molecule has 1 atom stereocenters. The molecule has 1 unspecified atom stereocenters. The summed E-state index contributed by atoms with van der Waals surface area (Å²) in [6.07, 6.45) is 3.59. The van der Waals surface area contributed by atoms with Gasteiger partial charge in [0.25, 0.3) is 5.91 Å². The molecule has 2 aromatic rings. The number of rotatable bonds is 4. The van der Waals surface area contributed by atoms with Crippen LogP contribution in [0.5, 0.6) is 0 Å². The molecule has 0 bridgehead atoms. The molecular formula is C20H25FN4O2. The molecular weight excluding hydrogens is 347 g/mol. The first kappa shape index (κ1) is 19.1. The molecule has 0 aliphatic carbocycles. The Morgan fingerprint density at radius 3 is 2.59 bits per heavy atom. The number of nitrogens with zero attached hydrogens (tertiary/aromatic N) is 4. The fraction of sp³-hybridized carbons (Fsp3) is 0.450. The van der Waals surface area contributed by atoms with E-state index >= 15 is 0 Å². The van der Waals surface area contributed by atoms with Gasteiger partial charge in [-0.3, -0.25) is 9.59 Å². The molecule has 1 aromatic carbocycles. The molecule has 0 radical (unpaired) electrons. The predicted octanol–water partition coefficient (Wildman–Crippen LogP) is 2.46. The van der Waals surface area contributed by atoms with E-state index in [1.165, 1.54) is 12.1 Å². The molecule has 27 heavy (non-hydrogen) atoms. The van der Waals surface area contributed by atoms with E-state index in [0.29, 0.717) is 25.5 Å². The summed E-state index contributed by atoms with van der Waals surface area (Å²) in [6.45, 7) is 5.32. The third-order valence-corrected chi connectivity index (χ3v) is 5.06. The van der Waals surface area contributed by atoms with E-state index in [-0.39, 0.29) is 36.0 Å². The number of aryl methyl sites for hydroxylation is 1. The smallest absolute Gasteiger partial charge is 0.289 e. The first-order valence-corrected chi connectivity index (χ1v) is 9.17. The number of aromatic nitrogens is 2. The lowest BCUT2D eigenvalue weighted by molar-refractivity contribution is -0.134. The van der Waals surface area contributed by atoms with E-state index in [1.54, 1.807) is 41.0 Å². The van der Waals surface area contributed by atoms with Crippen LogP contribution in [-0.2, 0) is 18.4 Å².